The van der Waals surface area contributed by atoms with Gasteiger partial charge in [0.15, 0.2) is 0 Å². The molecule has 2 atom stereocenters. The topological polar surface area (TPSA) is 15.3 Å². The van der Waals surface area contributed by atoms with Crippen LogP contribution in [-0.2, 0) is 5.54 Å². The summed E-state index contributed by atoms with van der Waals surface area (Å²) >= 11 is 0. The van der Waals surface area contributed by atoms with Gasteiger partial charge >= 0.3 is 0 Å². The molecular weight excluding hydrogens is 256 g/mol. The lowest BCUT2D eigenvalue weighted by molar-refractivity contribution is 0.0817. The van der Waals surface area contributed by atoms with E-state index in [1.165, 1.54) is 18.4 Å². The van der Waals surface area contributed by atoms with E-state index in [0.29, 0.717) is 6.04 Å². The zero-order chi connectivity index (χ0) is 15.1. The Morgan fingerprint density at radius 3 is 2.76 bits per heavy atom. The summed E-state index contributed by atoms with van der Waals surface area (Å²) in [5.74, 6) is 2.74. The highest BCUT2D eigenvalue weighted by molar-refractivity contribution is 5.25. The van der Waals surface area contributed by atoms with Crippen LogP contribution in [0.3, 0.4) is 0 Å². The smallest absolute Gasteiger partial charge is 0.0535 e. The lowest BCUT2D eigenvalue weighted by atomic mass is 9.87. The third kappa shape index (κ3) is 4.09. The van der Waals surface area contributed by atoms with Crippen molar-refractivity contribution in [2.75, 3.05) is 19.6 Å². The molecule has 1 heterocycles. The van der Waals surface area contributed by atoms with Crippen molar-refractivity contribution in [3.8, 4) is 12.3 Å². The number of unbranched alkanes of at least 4 members (excludes halogenated alkanes) is 2. The van der Waals surface area contributed by atoms with Crippen molar-refractivity contribution in [3.63, 3.8) is 0 Å². The van der Waals surface area contributed by atoms with Crippen LogP contribution in [0.15, 0.2) is 30.3 Å². The summed E-state index contributed by atoms with van der Waals surface area (Å²) in [4.78, 5) is 2.65. The molecule has 1 saturated heterocycles. The maximum absolute atomic E-state index is 5.35. The van der Waals surface area contributed by atoms with Gasteiger partial charge in [-0.2, -0.15) is 0 Å². The van der Waals surface area contributed by atoms with Crippen LogP contribution in [0.5, 0.6) is 0 Å². The molecule has 1 aliphatic heterocycles. The van der Waals surface area contributed by atoms with Gasteiger partial charge in [0, 0.05) is 25.6 Å². The maximum atomic E-state index is 5.35. The van der Waals surface area contributed by atoms with E-state index >= 15 is 0 Å². The molecule has 2 nitrogen and oxygen atoms in total. The Morgan fingerprint density at radius 1 is 1.33 bits per heavy atom. The van der Waals surface area contributed by atoms with Crippen molar-refractivity contribution in [1.82, 2.24) is 10.2 Å². The minimum Gasteiger partial charge on any atom is -0.305 e. The number of hydrogen-bond acceptors (Lipinski definition) is 2. The fraction of sp³-hybridized carbons (Fsp3) is 0.579. The largest absolute Gasteiger partial charge is 0.305 e. The summed E-state index contributed by atoms with van der Waals surface area (Å²) in [5.41, 5.74) is 1.44. The van der Waals surface area contributed by atoms with Crippen molar-refractivity contribution in [2.45, 2.75) is 51.1 Å². The second-order valence-electron chi connectivity index (χ2n) is 6.27. The van der Waals surface area contributed by atoms with Gasteiger partial charge < -0.3 is 5.32 Å². The molecule has 2 heteroatoms. The Bertz CT molecular complexity index is 462. The molecule has 2 rings (SSSR count). The first kappa shape index (κ1) is 16.1. The number of nitrogens with one attached hydrogen (secondary N) is 1. The third-order valence-corrected chi connectivity index (χ3v) is 4.66. The number of nitrogens with zero attached hydrogens (tertiary/aromatic N) is 1. The molecule has 1 aromatic rings. The highest BCUT2D eigenvalue weighted by atomic mass is 15.2. The summed E-state index contributed by atoms with van der Waals surface area (Å²) < 4.78 is 0. The van der Waals surface area contributed by atoms with Gasteiger partial charge in [0.1, 0.15) is 0 Å². The van der Waals surface area contributed by atoms with Gasteiger partial charge in [-0.1, -0.05) is 37.3 Å². The molecule has 0 amide bonds. The van der Waals surface area contributed by atoms with Crippen LogP contribution >= 0.6 is 0 Å². The minimum absolute atomic E-state index is 0.0546. The Labute approximate surface area is 129 Å². The van der Waals surface area contributed by atoms with Crippen LogP contribution in [0, 0.1) is 12.3 Å². The Kier molecular flexibility index (Phi) is 5.85. The molecule has 2 unspecified atom stereocenters. The molecule has 1 N–H and O–H groups in total. The van der Waals surface area contributed by atoms with Crippen molar-refractivity contribution in [2.24, 2.45) is 0 Å². The number of hydrogen-bond donors (Lipinski definition) is 1. The normalized spacial score (nSPS) is 26.4. The molecule has 1 aromatic carbocycles. The summed E-state index contributed by atoms with van der Waals surface area (Å²) in [7, 11) is 0. The Balaban J connectivity index is 2.02. The highest BCUT2D eigenvalue weighted by Crippen LogP contribution is 2.27. The van der Waals surface area contributed by atoms with E-state index in [1.54, 1.807) is 0 Å². The van der Waals surface area contributed by atoms with Crippen molar-refractivity contribution >= 4 is 0 Å². The Morgan fingerprint density at radius 2 is 2.10 bits per heavy atom. The lowest BCUT2D eigenvalue weighted by Crippen LogP contribution is -2.61. The zero-order valence-corrected chi connectivity index (χ0v) is 13.4. The number of piperazine rings is 1. The van der Waals surface area contributed by atoms with Gasteiger partial charge in [0.25, 0.3) is 0 Å². The second-order valence-corrected chi connectivity index (χ2v) is 6.27. The predicted octanol–water partition coefficient (Wildman–Crippen LogP) is 3.39. The monoisotopic (exact) mass is 284 g/mol. The quantitative estimate of drug-likeness (QED) is 0.636. The third-order valence-electron chi connectivity index (χ3n) is 4.66. The first-order chi connectivity index (χ1) is 10.2. The lowest BCUT2D eigenvalue weighted by Gasteiger charge is -2.46. The summed E-state index contributed by atoms with van der Waals surface area (Å²) in [6, 6.07) is 11.5. The number of rotatable bonds is 6. The maximum Gasteiger partial charge on any atom is 0.0535 e. The zero-order valence-electron chi connectivity index (χ0n) is 13.4. The fourth-order valence-electron chi connectivity index (χ4n) is 3.27. The van der Waals surface area contributed by atoms with Crippen molar-refractivity contribution < 1.29 is 0 Å². The van der Waals surface area contributed by atoms with Crippen molar-refractivity contribution in [3.05, 3.63) is 35.9 Å². The molecule has 21 heavy (non-hydrogen) atoms. The van der Waals surface area contributed by atoms with Gasteiger partial charge in [-0.3, -0.25) is 4.90 Å². The minimum atomic E-state index is 0.0546. The molecule has 0 spiro atoms. The molecule has 0 bridgehead atoms. The molecule has 0 aromatic heterocycles. The van der Waals surface area contributed by atoms with E-state index in [0.717, 1.165) is 32.5 Å². The van der Waals surface area contributed by atoms with Gasteiger partial charge in [0.2, 0.25) is 0 Å². The van der Waals surface area contributed by atoms with Gasteiger partial charge in [0.05, 0.1) is 5.54 Å². The van der Waals surface area contributed by atoms with E-state index in [2.05, 4.69) is 60.3 Å². The highest BCUT2D eigenvalue weighted by Gasteiger charge is 2.35. The summed E-state index contributed by atoms with van der Waals surface area (Å²) in [5, 5.41) is 3.77. The van der Waals surface area contributed by atoms with Gasteiger partial charge in [-0.25, -0.2) is 0 Å². The van der Waals surface area contributed by atoms with Crippen LogP contribution in [0.25, 0.3) is 0 Å². The SMILES string of the molecule is C#CCCCCN1CC(C)(c2ccccc2)NCC1CC. The first-order valence-corrected chi connectivity index (χ1v) is 8.17. The number of benzene rings is 1. The van der Waals surface area contributed by atoms with Crippen LogP contribution in [-0.4, -0.2) is 30.6 Å². The fourth-order valence-corrected chi connectivity index (χ4v) is 3.27. The molecular formula is C19H28N2. The van der Waals surface area contributed by atoms with Gasteiger partial charge in [-0.05, 0) is 38.3 Å². The van der Waals surface area contributed by atoms with E-state index in [9.17, 15) is 0 Å². The van der Waals surface area contributed by atoms with Gasteiger partial charge in [-0.15, -0.1) is 12.3 Å². The van der Waals surface area contributed by atoms with Crippen LogP contribution in [0.4, 0.5) is 0 Å². The predicted molar refractivity (Wildman–Crippen MR) is 90.1 cm³/mol. The second kappa shape index (κ2) is 7.64. The molecule has 0 saturated carbocycles. The van der Waals surface area contributed by atoms with Crippen LogP contribution < -0.4 is 5.32 Å². The molecule has 1 aliphatic rings. The van der Waals surface area contributed by atoms with Crippen LogP contribution in [0.2, 0.25) is 0 Å². The van der Waals surface area contributed by atoms with Crippen molar-refractivity contribution in [1.29, 1.82) is 0 Å². The molecule has 1 fully saturated rings. The molecule has 114 valence electrons. The number of terminal acetylenes is 1. The summed E-state index contributed by atoms with van der Waals surface area (Å²) in [6.07, 6.45) is 9.79. The van der Waals surface area contributed by atoms with E-state index in [1.807, 2.05) is 0 Å². The standard InChI is InChI=1S/C19H28N2/c1-4-6-7-11-14-21-16-19(3,20-15-18(21)5-2)17-12-9-8-10-13-17/h1,8-10,12-13,18,20H,5-7,11,14-16H2,2-3H3. The van der Waals surface area contributed by atoms with Crippen LogP contribution in [0.1, 0.15) is 45.1 Å². The van der Waals surface area contributed by atoms with E-state index in [4.69, 9.17) is 6.42 Å². The molecule has 0 aliphatic carbocycles. The molecule has 0 radical (unpaired) electrons. The average molecular weight is 284 g/mol. The van der Waals surface area contributed by atoms with E-state index < -0.39 is 0 Å². The average Bonchev–Trinajstić information content (AvgIpc) is 2.53. The first-order valence-electron chi connectivity index (χ1n) is 8.17. The Hall–Kier alpha value is -1.30. The van der Waals surface area contributed by atoms with E-state index in [-0.39, 0.29) is 5.54 Å². The summed E-state index contributed by atoms with van der Waals surface area (Å²) in [6.45, 7) is 7.90.